The molecule has 1 amide bonds. The van der Waals surface area contributed by atoms with Gasteiger partial charge in [0.25, 0.3) is 0 Å². The van der Waals surface area contributed by atoms with E-state index >= 15 is 0 Å². The third-order valence-electron chi connectivity index (χ3n) is 4.05. The molecule has 0 bridgehead atoms. The number of hydrogen-bond acceptors (Lipinski definition) is 5. The van der Waals surface area contributed by atoms with Crippen molar-refractivity contribution >= 4 is 22.4 Å². The molecular formula is C13H21N3O2S. The summed E-state index contributed by atoms with van der Waals surface area (Å²) in [5.74, 6) is -0.0112. The largest absolute Gasteiger partial charge is 0.396 e. The molecule has 0 spiro atoms. The van der Waals surface area contributed by atoms with E-state index in [2.05, 4.69) is 22.1 Å². The first-order valence-electron chi connectivity index (χ1n) is 6.70. The highest BCUT2D eigenvalue weighted by Crippen LogP contribution is 2.33. The van der Waals surface area contributed by atoms with Gasteiger partial charge in [0.05, 0.1) is 6.54 Å². The first kappa shape index (κ1) is 14.4. The van der Waals surface area contributed by atoms with Gasteiger partial charge < -0.3 is 10.4 Å². The van der Waals surface area contributed by atoms with E-state index in [0.29, 0.717) is 11.7 Å². The first-order chi connectivity index (χ1) is 9.17. The number of nitrogens with zero attached hydrogens (tertiary/aromatic N) is 2. The van der Waals surface area contributed by atoms with E-state index in [1.165, 1.54) is 11.3 Å². The smallest absolute Gasteiger partial charge is 0.240 e. The molecule has 0 saturated carbocycles. The van der Waals surface area contributed by atoms with Crippen LogP contribution in [0.4, 0.5) is 5.13 Å². The molecule has 106 valence electrons. The van der Waals surface area contributed by atoms with E-state index in [4.69, 9.17) is 0 Å². The molecule has 2 heterocycles. The highest BCUT2D eigenvalue weighted by Gasteiger charge is 2.32. The average molecular weight is 283 g/mol. The van der Waals surface area contributed by atoms with Crippen molar-refractivity contribution in [2.45, 2.75) is 26.2 Å². The number of nitrogens with one attached hydrogen (secondary N) is 1. The van der Waals surface area contributed by atoms with Crippen molar-refractivity contribution in [2.24, 2.45) is 5.41 Å². The Hall–Kier alpha value is -0.980. The van der Waals surface area contributed by atoms with Gasteiger partial charge in [0, 0.05) is 18.2 Å². The van der Waals surface area contributed by atoms with Crippen LogP contribution in [0.15, 0.2) is 11.6 Å². The standard InChI is InChI=1S/C13H21N3O2S/c1-2-13(10-17)3-6-16(7-4-13)9-11(18)15-12-14-5-8-19-12/h5,8,17H,2-4,6-7,9-10H2,1H3,(H,14,15,18). The summed E-state index contributed by atoms with van der Waals surface area (Å²) in [6, 6.07) is 0. The van der Waals surface area contributed by atoms with Gasteiger partial charge in [-0.25, -0.2) is 4.98 Å². The van der Waals surface area contributed by atoms with Crippen LogP contribution in [0, 0.1) is 5.41 Å². The number of carbonyl (C=O) groups excluding carboxylic acids is 1. The van der Waals surface area contributed by atoms with Gasteiger partial charge in [-0.1, -0.05) is 6.92 Å². The lowest BCUT2D eigenvalue weighted by Gasteiger charge is -2.39. The summed E-state index contributed by atoms with van der Waals surface area (Å²) in [7, 11) is 0. The van der Waals surface area contributed by atoms with Crippen LogP contribution in [0.25, 0.3) is 0 Å². The second-order valence-corrected chi connectivity index (χ2v) is 6.07. The highest BCUT2D eigenvalue weighted by molar-refractivity contribution is 7.13. The Kier molecular flexibility index (Phi) is 4.90. The van der Waals surface area contributed by atoms with E-state index in [0.717, 1.165) is 32.4 Å². The quantitative estimate of drug-likeness (QED) is 0.861. The average Bonchev–Trinajstić information content (AvgIpc) is 2.93. The zero-order valence-electron chi connectivity index (χ0n) is 11.3. The van der Waals surface area contributed by atoms with Gasteiger partial charge in [0.1, 0.15) is 0 Å². The molecule has 0 aromatic carbocycles. The number of aromatic nitrogens is 1. The van der Waals surface area contributed by atoms with E-state index < -0.39 is 0 Å². The van der Waals surface area contributed by atoms with Crippen LogP contribution >= 0.6 is 11.3 Å². The van der Waals surface area contributed by atoms with Gasteiger partial charge in [-0.05, 0) is 37.8 Å². The topological polar surface area (TPSA) is 65.5 Å². The Balaban J connectivity index is 1.77. The van der Waals surface area contributed by atoms with Gasteiger partial charge in [-0.15, -0.1) is 11.3 Å². The molecule has 0 atom stereocenters. The second kappa shape index (κ2) is 6.45. The van der Waals surface area contributed by atoms with Crippen LogP contribution < -0.4 is 5.32 Å². The number of likely N-dealkylation sites (tertiary alicyclic amines) is 1. The van der Waals surface area contributed by atoms with Crippen molar-refractivity contribution in [2.75, 3.05) is 31.6 Å². The number of hydrogen-bond donors (Lipinski definition) is 2. The van der Waals surface area contributed by atoms with E-state index in [9.17, 15) is 9.90 Å². The molecule has 1 aliphatic heterocycles. The minimum Gasteiger partial charge on any atom is -0.396 e. The van der Waals surface area contributed by atoms with Crippen molar-refractivity contribution in [3.05, 3.63) is 11.6 Å². The fraction of sp³-hybridized carbons (Fsp3) is 0.692. The number of anilines is 1. The molecule has 1 fully saturated rings. The lowest BCUT2D eigenvalue weighted by atomic mass is 9.77. The zero-order valence-corrected chi connectivity index (χ0v) is 12.1. The number of amides is 1. The molecule has 2 N–H and O–H groups in total. The number of aliphatic hydroxyl groups is 1. The summed E-state index contributed by atoms with van der Waals surface area (Å²) in [4.78, 5) is 18.0. The van der Waals surface area contributed by atoms with Crippen LogP contribution in [0.3, 0.4) is 0 Å². The van der Waals surface area contributed by atoms with Gasteiger partial charge >= 0.3 is 0 Å². The Morgan fingerprint density at radius 2 is 2.32 bits per heavy atom. The molecule has 1 aliphatic rings. The number of aliphatic hydroxyl groups excluding tert-OH is 1. The van der Waals surface area contributed by atoms with E-state index in [1.54, 1.807) is 6.20 Å². The summed E-state index contributed by atoms with van der Waals surface area (Å²) in [6.45, 7) is 4.54. The summed E-state index contributed by atoms with van der Waals surface area (Å²) >= 11 is 1.43. The molecule has 2 rings (SSSR count). The number of thiazole rings is 1. The maximum Gasteiger partial charge on any atom is 0.240 e. The molecular weight excluding hydrogens is 262 g/mol. The molecule has 0 unspecified atom stereocenters. The predicted molar refractivity (Wildman–Crippen MR) is 76.2 cm³/mol. The summed E-state index contributed by atoms with van der Waals surface area (Å²) in [5.41, 5.74) is 0.0717. The zero-order chi connectivity index (χ0) is 13.7. The maximum absolute atomic E-state index is 11.8. The van der Waals surface area contributed by atoms with E-state index in [-0.39, 0.29) is 17.9 Å². The maximum atomic E-state index is 11.8. The molecule has 19 heavy (non-hydrogen) atoms. The van der Waals surface area contributed by atoms with Crippen molar-refractivity contribution in [3.8, 4) is 0 Å². The Morgan fingerprint density at radius 3 is 2.84 bits per heavy atom. The van der Waals surface area contributed by atoms with E-state index in [1.807, 2.05) is 5.38 Å². The molecule has 6 heteroatoms. The Morgan fingerprint density at radius 1 is 1.58 bits per heavy atom. The summed E-state index contributed by atoms with van der Waals surface area (Å²) in [5, 5.41) is 14.8. The van der Waals surface area contributed by atoms with Crippen molar-refractivity contribution in [1.29, 1.82) is 0 Å². The summed E-state index contributed by atoms with van der Waals surface area (Å²) in [6.07, 6.45) is 4.61. The minimum absolute atomic E-state index is 0.0112. The lowest BCUT2D eigenvalue weighted by molar-refractivity contribution is -0.118. The van der Waals surface area contributed by atoms with Gasteiger partial charge in [-0.3, -0.25) is 9.69 Å². The predicted octanol–water partition coefficient (Wildman–Crippen LogP) is 1.57. The molecule has 1 aromatic heterocycles. The van der Waals surface area contributed by atoms with Crippen LogP contribution in [0.2, 0.25) is 0 Å². The Bertz CT molecular complexity index is 394. The van der Waals surface area contributed by atoms with Crippen molar-refractivity contribution in [3.63, 3.8) is 0 Å². The molecule has 0 aliphatic carbocycles. The van der Waals surface area contributed by atoms with Crippen LogP contribution in [-0.4, -0.2) is 47.1 Å². The number of carbonyl (C=O) groups is 1. The molecule has 1 saturated heterocycles. The van der Waals surface area contributed by atoms with Gasteiger partial charge in [0.15, 0.2) is 5.13 Å². The van der Waals surface area contributed by atoms with Crippen LogP contribution in [0.1, 0.15) is 26.2 Å². The van der Waals surface area contributed by atoms with Crippen LogP contribution in [-0.2, 0) is 4.79 Å². The first-order valence-corrected chi connectivity index (χ1v) is 7.58. The third kappa shape index (κ3) is 3.75. The summed E-state index contributed by atoms with van der Waals surface area (Å²) < 4.78 is 0. The molecule has 0 radical (unpaired) electrons. The molecule has 1 aromatic rings. The minimum atomic E-state index is -0.0112. The Labute approximate surface area is 117 Å². The molecule has 5 nitrogen and oxygen atoms in total. The van der Waals surface area contributed by atoms with Crippen LogP contribution in [0.5, 0.6) is 0 Å². The van der Waals surface area contributed by atoms with Crippen molar-refractivity contribution < 1.29 is 9.90 Å². The van der Waals surface area contributed by atoms with Gasteiger partial charge in [-0.2, -0.15) is 0 Å². The SMILES string of the molecule is CCC1(CO)CCN(CC(=O)Nc2nccs2)CC1. The second-order valence-electron chi connectivity index (χ2n) is 5.17. The highest BCUT2D eigenvalue weighted by atomic mass is 32.1. The number of piperidine rings is 1. The third-order valence-corrected chi connectivity index (χ3v) is 4.74. The fourth-order valence-corrected chi connectivity index (χ4v) is 3.00. The number of rotatable bonds is 5. The van der Waals surface area contributed by atoms with Gasteiger partial charge in [0.2, 0.25) is 5.91 Å². The lowest BCUT2D eigenvalue weighted by Crippen LogP contribution is -2.44. The van der Waals surface area contributed by atoms with Crippen molar-refractivity contribution in [1.82, 2.24) is 9.88 Å². The fourth-order valence-electron chi connectivity index (χ4n) is 2.46. The normalized spacial score (nSPS) is 19.3. The monoisotopic (exact) mass is 283 g/mol.